The predicted octanol–water partition coefficient (Wildman–Crippen LogP) is 1.70. The van der Waals surface area contributed by atoms with Gasteiger partial charge in [0, 0.05) is 6.07 Å². The van der Waals surface area contributed by atoms with Crippen LogP contribution in [0.15, 0.2) is 34.9 Å². The molecule has 0 unspecified atom stereocenters. The number of amides is 1. The third kappa shape index (κ3) is 3.35. The molecule has 0 aliphatic rings. The molecule has 1 amide bonds. The quantitative estimate of drug-likeness (QED) is 0.861. The SMILES string of the molecule is Cc1cc(NC(=O)COc2ccccc2C(=O)O)on1. The van der Waals surface area contributed by atoms with Crippen molar-refractivity contribution in [3.8, 4) is 5.75 Å². The Morgan fingerprint density at radius 2 is 2.15 bits per heavy atom. The van der Waals surface area contributed by atoms with Crippen LogP contribution in [0.4, 0.5) is 5.88 Å². The second-order valence-corrected chi connectivity index (χ2v) is 3.97. The summed E-state index contributed by atoms with van der Waals surface area (Å²) in [6.45, 7) is 1.39. The zero-order valence-electron chi connectivity index (χ0n) is 10.6. The number of aromatic nitrogens is 1. The first-order valence-electron chi connectivity index (χ1n) is 5.74. The van der Waals surface area contributed by atoms with Crippen LogP contribution in [0.1, 0.15) is 16.1 Å². The van der Waals surface area contributed by atoms with E-state index in [2.05, 4.69) is 10.5 Å². The Kier molecular flexibility index (Phi) is 3.99. The topological polar surface area (TPSA) is 102 Å². The number of carbonyl (C=O) groups excluding carboxylic acids is 1. The molecule has 0 fully saturated rings. The van der Waals surface area contributed by atoms with Crippen LogP contribution in [0.5, 0.6) is 5.75 Å². The third-order valence-corrected chi connectivity index (χ3v) is 2.37. The second-order valence-electron chi connectivity index (χ2n) is 3.97. The van der Waals surface area contributed by atoms with Gasteiger partial charge in [0.15, 0.2) is 6.61 Å². The first-order chi connectivity index (χ1) is 9.56. The van der Waals surface area contributed by atoms with Crippen LogP contribution in [0, 0.1) is 6.92 Å². The Labute approximate surface area is 114 Å². The number of aromatic carboxylic acids is 1. The number of carbonyl (C=O) groups is 2. The number of para-hydroxylation sites is 1. The van der Waals surface area contributed by atoms with E-state index in [0.29, 0.717) is 5.69 Å². The van der Waals surface area contributed by atoms with Crippen LogP contribution in [0.3, 0.4) is 0 Å². The Morgan fingerprint density at radius 1 is 1.40 bits per heavy atom. The van der Waals surface area contributed by atoms with Crippen molar-refractivity contribution in [2.24, 2.45) is 0 Å². The lowest BCUT2D eigenvalue weighted by Gasteiger charge is -2.08. The van der Waals surface area contributed by atoms with Crippen LogP contribution < -0.4 is 10.1 Å². The van der Waals surface area contributed by atoms with Crippen molar-refractivity contribution < 1.29 is 24.0 Å². The molecule has 0 aliphatic carbocycles. The van der Waals surface area contributed by atoms with E-state index in [9.17, 15) is 9.59 Å². The summed E-state index contributed by atoms with van der Waals surface area (Å²) in [5.41, 5.74) is 0.633. The number of rotatable bonds is 5. The summed E-state index contributed by atoms with van der Waals surface area (Å²) in [6, 6.07) is 7.64. The Bertz CT molecular complexity index is 635. The van der Waals surface area contributed by atoms with E-state index >= 15 is 0 Å². The number of carboxylic acids is 1. The van der Waals surface area contributed by atoms with Gasteiger partial charge in [-0.25, -0.2) is 4.79 Å². The lowest BCUT2D eigenvalue weighted by molar-refractivity contribution is -0.118. The summed E-state index contributed by atoms with van der Waals surface area (Å²) in [7, 11) is 0. The summed E-state index contributed by atoms with van der Waals surface area (Å²) in [5.74, 6) is -1.25. The van der Waals surface area contributed by atoms with E-state index in [1.54, 1.807) is 25.1 Å². The molecule has 7 heteroatoms. The van der Waals surface area contributed by atoms with Crippen LogP contribution in [-0.4, -0.2) is 28.7 Å². The monoisotopic (exact) mass is 276 g/mol. The largest absolute Gasteiger partial charge is 0.483 e. The van der Waals surface area contributed by atoms with Crippen molar-refractivity contribution in [2.75, 3.05) is 11.9 Å². The molecule has 1 heterocycles. The number of aryl methyl sites for hydroxylation is 1. The fourth-order valence-corrected chi connectivity index (χ4v) is 1.51. The normalized spacial score (nSPS) is 10.1. The van der Waals surface area contributed by atoms with Gasteiger partial charge in [-0.3, -0.25) is 10.1 Å². The highest BCUT2D eigenvalue weighted by molar-refractivity contribution is 5.92. The fraction of sp³-hybridized carbons (Fsp3) is 0.154. The molecule has 2 N–H and O–H groups in total. The molecule has 0 saturated carbocycles. The molecular weight excluding hydrogens is 264 g/mol. The summed E-state index contributed by atoms with van der Waals surface area (Å²) < 4.78 is 10.0. The standard InChI is InChI=1S/C13H12N2O5/c1-8-6-12(20-15-8)14-11(16)7-19-10-5-3-2-4-9(10)13(17)18/h2-6H,7H2,1H3,(H,14,16)(H,17,18). The van der Waals surface area contributed by atoms with Gasteiger partial charge in [0.25, 0.3) is 5.91 Å². The van der Waals surface area contributed by atoms with E-state index in [4.69, 9.17) is 14.4 Å². The number of anilines is 1. The lowest BCUT2D eigenvalue weighted by atomic mass is 10.2. The number of nitrogens with one attached hydrogen (secondary N) is 1. The average molecular weight is 276 g/mol. The van der Waals surface area contributed by atoms with Crippen LogP contribution in [-0.2, 0) is 4.79 Å². The minimum absolute atomic E-state index is 0.00388. The molecule has 2 aromatic rings. The lowest BCUT2D eigenvalue weighted by Crippen LogP contribution is -2.20. The molecule has 7 nitrogen and oxygen atoms in total. The summed E-state index contributed by atoms with van der Waals surface area (Å²) >= 11 is 0. The van der Waals surface area contributed by atoms with Crippen LogP contribution in [0.2, 0.25) is 0 Å². The summed E-state index contributed by atoms with van der Waals surface area (Å²) in [6.07, 6.45) is 0. The van der Waals surface area contributed by atoms with Gasteiger partial charge in [-0.15, -0.1) is 0 Å². The van der Waals surface area contributed by atoms with E-state index in [1.165, 1.54) is 12.1 Å². The van der Waals surface area contributed by atoms with E-state index < -0.39 is 11.9 Å². The van der Waals surface area contributed by atoms with Gasteiger partial charge in [0.1, 0.15) is 11.3 Å². The molecule has 0 atom stereocenters. The van der Waals surface area contributed by atoms with E-state index in [0.717, 1.165) is 0 Å². The number of nitrogens with zero attached hydrogens (tertiary/aromatic N) is 1. The maximum absolute atomic E-state index is 11.6. The van der Waals surface area contributed by atoms with Gasteiger partial charge in [-0.2, -0.15) is 0 Å². The van der Waals surface area contributed by atoms with Crippen LogP contribution >= 0.6 is 0 Å². The fourth-order valence-electron chi connectivity index (χ4n) is 1.51. The Morgan fingerprint density at radius 3 is 2.80 bits per heavy atom. The molecule has 0 spiro atoms. The molecule has 0 aliphatic heterocycles. The minimum Gasteiger partial charge on any atom is -0.483 e. The summed E-state index contributed by atoms with van der Waals surface area (Å²) in [5, 5.41) is 15.0. The van der Waals surface area contributed by atoms with Crippen molar-refractivity contribution in [2.45, 2.75) is 6.92 Å². The zero-order chi connectivity index (χ0) is 14.5. The second kappa shape index (κ2) is 5.87. The molecular formula is C13H12N2O5. The van der Waals surface area contributed by atoms with Crippen molar-refractivity contribution in [1.29, 1.82) is 0 Å². The van der Waals surface area contributed by atoms with E-state index in [1.807, 2.05) is 0 Å². The Balaban J connectivity index is 1.95. The summed E-state index contributed by atoms with van der Waals surface area (Å²) in [4.78, 5) is 22.6. The highest BCUT2D eigenvalue weighted by atomic mass is 16.5. The van der Waals surface area contributed by atoms with Gasteiger partial charge in [0.2, 0.25) is 5.88 Å². The van der Waals surface area contributed by atoms with Gasteiger partial charge in [-0.05, 0) is 19.1 Å². The van der Waals surface area contributed by atoms with Crippen LogP contribution in [0.25, 0.3) is 0 Å². The molecule has 1 aromatic carbocycles. The highest BCUT2D eigenvalue weighted by Crippen LogP contribution is 2.17. The van der Waals surface area contributed by atoms with Crippen molar-refractivity contribution >= 4 is 17.8 Å². The van der Waals surface area contributed by atoms with Gasteiger partial charge >= 0.3 is 5.97 Å². The first kappa shape index (κ1) is 13.6. The van der Waals surface area contributed by atoms with E-state index in [-0.39, 0.29) is 23.8 Å². The Hall–Kier alpha value is -2.83. The smallest absolute Gasteiger partial charge is 0.339 e. The molecule has 0 bridgehead atoms. The first-order valence-corrected chi connectivity index (χ1v) is 5.74. The number of carboxylic acid groups (broad SMARTS) is 1. The van der Waals surface area contributed by atoms with Crippen molar-refractivity contribution in [3.63, 3.8) is 0 Å². The predicted molar refractivity (Wildman–Crippen MR) is 68.8 cm³/mol. The van der Waals surface area contributed by atoms with Crippen molar-refractivity contribution in [1.82, 2.24) is 5.16 Å². The molecule has 20 heavy (non-hydrogen) atoms. The molecule has 0 saturated heterocycles. The number of hydrogen-bond donors (Lipinski definition) is 2. The van der Waals surface area contributed by atoms with Gasteiger partial charge < -0.3 is 14.4 Å². The molecule has 0 radical (unpaired) electrons. The molecule has 104 valence electrons. The van der Waals surface area contributed by atoms with Gasteiger partial charge in [0.05, 0.1) is 5.69 Å². The van der Waals surface area contributed by atoms with Gasteiger partial charge in [-0.1, -0.05) is 17.3 Å². The number of benzene rings is 1. The van der Waals surface area contributed by atoms with Crippen molar-refractivity contribution in [3.05, 3.63) is 41.6 Å². The number of ether oxygens (including phenoxy) is 1. The molecule has 2 rings (SSSR count). The third-order valence-electron chi connectivity index (χ3n) is 2.37. The average Bonchev–Trinajstić information content (AvgIpc) is 2.82. The minimum atomic E-state index is -1.12. The number of hydrogen-bond acceptors (Lipinski definition) is 5. The highest BCUT2D eigenvalue weighted by Gasteiger charge is 2.12. The molecule has 1 aromatic heterocycles. The maximum atomic E-state index is 11.6. The maximum Gasteiger partial charge on any atom is 0.339 e. The zero-order valence-corrected chi connectivity index (χ0v) is 10.6.